The van der Waals surface area contributed by atoms with Gasteiger partial charge in [-0.1, -0.05) is 6.07 Å². The van der Waals surface area contributed by atoms with Crippen LogP contribution in [0.4, 0.5) is 11.4 Å². The Kier molecular flexibility index (Phi) is 2.98. The van der Waals surface area contributed by atoms with E-state index < -0.39 is 0 Å². The maximum absolute atomic E-state index is 5.03. The first-order chi connectivity index (χ1) is 9.35. The van der Waals surface area contributed by atoms with Gasteiger partial charge in [-0.2, -0.15) is 0 Å². The van der Waals surface area contributed by atoms with Crippen LogP contribution in [-0.2, 0) is 0 Å². The Morgan fingerprint density at radius 2 is 1.84 bits per heavy atom. The summed E-state index contributed by atoms with van der Waals surface area (Å²) >= 11 is 0. The zero-order chi connectivity index (χ0) is 13.1. The van der Waals surface area contributed by atoms with Crippen molar-refractivity contribution in [2.75, 3.05) is 12.4 Å². The second-order valence-corrected chi connectivity index (χ2v) is 4.15. The van der Waals surface area contributed by atoms with Gasteiger partial charge in [-0.05, 0) is 29.7 Å². The van der Waals surface area contributed by atoms with Crippen molar-refractivity contribution in [1.29, 1.82) is 0 Å². The van der Waals surface area contributed by atoms with E-state index in [9.17, 15) is 0 Å². The Hall–Kier alpha value is -2.62. The number of rotatable bonds is 3. The van der Waals surface area contributed by atoms with Gasteiger partial charge in [0.15, 0.2) is 0 Å². The number of benzene rings is 1. The molecule has 1 aromatic carbocycles. The van der Waals surface area contributed by atoms with Crippen molar-refractivity contribution in [3.05, 3.63) is 55.0 Å². The molecule has 0 aliphatic rings. The number of ether oxygens (including phenoxy) is 1. The maximum atomic E-state index is 5.03. The van der Waals surface area contributed by atoms with E-state index in [1.54, 1.807) is 19.5 Å². The van der Waals surface area contributed by atoms with Gasteiger partial charge < -0.3 is 10.1 Å². The normalized spacial score (nSPS) is 10.4. The first-order valence-electron chi connectivity index (χ1n) is 5.96. The van der Waals surface area contributed by atoms with Crippen LogP contribution in [0.15, 0.2) is 55.0 Å². The van der Waals surface area contributed by atoms with Gasteiger partial charge in [0.1, 0.15) is 0 Å². The molecule has 0 unspecified atom stereocenters. The molecule has 0 saturated carbocycles. The smallest absolute Gasteiger partial charge is 0.213 e. The zero-order valence-corrected chi connectivity index (χ0v) is 10.5. The standard InChI is InChI=1S/C15H13N3O/c1-19-15-5-4-14(10-17-15)18-13-3-2-11-6-7-16-9-12(11)8-13/h2-10,18H,1H3. The number of pyridine rings is 2. The van der Waals surface area contributed by atoms with E-state index in [1.807, 2.05) is 30.5 Å². The van der Waals surface area contributed by atoms with Crippen LogP contribution in [0.5, 0.6) is 5.88 Å². The highest BCUT2D eigenvalue weighted by molar-refractivity contribution is 5.85. The predicted octanol–water partition coefficient (Wildman–Crippen LogP) is 3.38. The predicted molar refractivity (Wildman–Crippen MR) is 75.8 cm³/mol. The number of methoxy groups -OCH3 is 1. The monoisotopic (exact) mass is 251 g/mol. The number of fused-ring (bicyclic) bond motifs is 1. The van der Waals surface area contributed by atoms with Gasteiger partial charge >= 0.3 is 0 Å². The summed E-state index contributed by atoms with van der Waals surface area (Å²) in [5.41, 5.74) is 1.93. The van der Waals surface area contributed by atoms with Gasteiger partial charge in [0.05, 0.1) is 19.0 Å². The molecule has 2 aromatic heterocycles. The molecule has 0 aliphatic carbocycles. The number of hydrogen-bond acceptors (Lipinski definition) is 4. The van der Waals surface area contributed by atoms with E-state index in [2.05, 4.69) is 27.4 Å². The van der Waals surface area contributed by atoms with E-state index in [0.717, 1.165) is 16.8 Å². The second-order valence-electron chi connectivity index (χ2n) is 4.15. The number of hydrogen-bond donors (Lipinski definition) is 1. The Balaban J connectivity index is 1.87. The fourth-order valence-electron chi connectivity index (χ4n) is 1.90. The SMILES string of the molecule is COc1ccc(Nc2ccc3ccncc3c2)cn1. The summed E-state index contributed by atoms with van der Waals surface area (Å²) in [4.78, 5) is 8.29. The quantitative estimate of drug-likeness (QED) is 0.775. The molecule has 0 radical (unpaired) electrons. The number of aromatic nitrogens is 2. The lowest BCUT2D eigenvalue weighted by Gasteiger charge is -2.07. The maximum Gasteiger partial charge on any atom is 0.213 e. The van der Waals surface area contributed by atoms with Crippen molar-refractivity contribution in [3.8, 4) is 5.88 Å². The lowest BCUT2D eigenvalue weighted by atomic mass is 10.1. The third-order valence-electron chi connectivity index (χ3n) is 2.87. The molecule has 94 valence electrons. The summed E-state index contributed by atoms with van der Waals surface area (Å²) in [7, 11) is 1.60. The molecule has 0 amide bonds. The van der Waals surface area contributed by atoms with Crippen molar-refractivity contribution in [1.82, 2.24) is 9.97 Å². The molecule has 0 aliphatic heterocycles. The second kappa shape index (κ2) is 4.94. The van der Waals surface area contributed by atoms with Crippen LogP contribution < -0.4 is 10.1 Å². The fraction of sp³-hybridized carbons (Fsp3) is 0.0667. The highest BCUT2D eigenvalue weighted by atomic mass is 16.5. The van der Waals surface area contributed by atoms with Gasteiger partial charge in [0.2, 0.25) is 5.88 Å². The average molecular weight is 251 g/mol. The summed E-state index contributed by atoms with van der Waals surface area (Å²) in [6.45, 7) is 0. The summed E-state index contributed by atoms with van der Waals surface area (Å²) in [5, 5.41) is 5.58. The van der Waals surface area contributed by atoms with Crippen molar-refractivity contribution in [2.45, 2.75) is 0 Å². The van der Waals surface area contributed by atoms with E-state index in [-0.39, 0.29) is 0 Å². The summed E-state index contributed by atoms with van der Waals surface area (Å²) in [6.07, 6.45) is 5.39. The van der Waals surface area contributed by atoms with Crippen LogP contribution in [0.3, 0.4) is 0 Å². The Labute approximate surface area is 111 Å². The minimum absolute atomic E-state index is 0.605. The van der Waals surface area contributed by atoms with E-state index in [0.29, 0.717) is 5.88 Å². The first kappa shape index (κ1) is 11.5. The molecule has 0 spiro atoms. The molecule has 0 bridgehead atoms. The molecule has 4 heteroatoms. The fourth-order valence-corrected chi connectivity index (χ4v) is 1.90. The third-order valence-corrected chi connectivity index (χ3v) is 2.87. The lowest BCUT2D eigenvalue weighted by molar-refractivity contribution is 0.398. The largest absolute Gasteiger partial charge is 0.481 e. The zero-order valence-electron chi connectivity index (χ0n) is 10.5. The Morgan fingerprint density at radius 1 is 0.947 bits per heavy atom. The summed E-state index contributed by atoms with van der Waals surface area (Å²) < 4.78 is 5.03. The Morgan fingerprint density at radius 3 is 2.63 bits per heavy atom. The van der Waals surface area contributed by atoms with Crippen molar-refractivity contribution in [3.63, 3.8) is 0 Å². The molecule has 4 nitrogen and oxygen atoms in total. The highest BCUT2D eigenvalue weighted by Gasteiger charge is 1.99. The topological polar surface area (TPSA) is 47.0 Å². The third kappa shape index (κ3) is 2.47. The van der Waals surface area contributed by atoms with Crippen molar-refractivity contribution < 1.29 is 4.74 Å². The van der Waals surface area contributed by atoms with Gasteiger partial charge in [0.25, 0.3) is 0 Å². The van der Waals surface area contributed by atoms with E-state index >= 15 is 0 Å². The lowest BCUT2D eigenvalue weighted by Crippen LogP contribution is -1.92. The molecule has 0 fully saturated rings. The van der Waals surface area contributed by atoms with E-state index in [4.69, 9.17) is 4.74 Å². The van der Waals surface area contributed by atoms with Gasteiger partial charge in [-0.3, -0.25) is 4.98 Å². The number of nitrogens with one attached hydrogen (secondary N) is 1. The van der Waals surface area contributed by atoms with Gasteiger partial charge in [-0.15, -0.1) is 0 Å². The van der Waals surface area contributed by atoms with E-state index in [1.165, 1.54) is 5.39 Å². The van der Waals surface area contributed by atoms with Crippen molar-refractivity contribution in [2.24, 2.45) is 0 Å². The Bertz CT molecular complexity index is 695. The number of anilines is 2. The molecule has 3 rings (SSSR count). The van der Waals surface area contributed by atoms with Crippen LogP contribution in [0, 0.1) is 0 Å². The molecule has 2 heterocycles. The summed E-state index contributed by atoms with van der Waals surface area (Å²) in [5.74, 6) is 0.605. The first-order valence-corrected chi connectivity index (χ1v) is 5.96. The molecular formula is C15H13N3O. The molecule has 1 N–H and O–H groups in total. The molecular weight excluding hydrogens is 238 g/mol. The summed E-state index contributed by atoms with van der Waals surface area (Å²) in [6, 6.07) is 11.9. The van der Waals surface area contributed by atoms with Crippen LogP contribution in [0.1, 0.15) is 0 Å². The average Bonchev–Trinajstić information content (AvgIpc) is 2.48. The molecule has 19 heavy (non-hydrogen) atoms. The van der Waals surface area contributed by atoms with Gasteiger partial charge in [-0.25, -0.2) is 4.98 Å². The minimum Gasteiger partial charge on any atom is -0.481 e. The molecule has 0 saturated heterocycles. The number of nitrogens with zero attached hydrogens (tertiary/aromatic N) is 2. The molecule has 0 atom stereocenters. The molecule has 3 aromatic rings. The van der Waals surface area contributed by atoms with Crippen LogP contribution in [0.25, 0.3) is 10.8 Å². The van der Waals surface area contributed by atoms with Gasteiger partial charge in [0, 0.05) is 29.5 Å². The van der Waals surface area contributed by atoms with Crippen LogP contribution in [-0.4, -0.2) is 17.1 Å². The van der Waals surface area contributed by atoms with Crippen LogP contribution in [0.2, 0.25) is 0 Å². The van der Waals surface area contributed by atoms with Crippen molar-refractivity contribution >= 4 is 22.1 Å². The minimum atomic E-state index is 0.605. The van der Waals surface area contributed by atoms with Crippen LogP contribution >= 0.6 is 0 Å². The highest BCUT2D eigenvalue weighted by Crippen LogP contribution is 2.22.